The molecular formula is C49H30N4S. The highest BCUT2D eigenvalue weighted by molar-refractivity contribution is 7.25. The maximum Gasteiger partial charge on any atom is 0.164 e. The van der Waals surface area contributed by atoms with Gasteiger partial charge in [-0.1, -0.05) is 133 Å². The number of thiophene rings is 1. The molecule has 8 aromatic carbocycles. The van der Waals surface area contributed by atoms with Crippen molar-refractivity contribution in [2.75, 3.05) is 0 Å². The fourth-order valence-electron chi connectivity index (χ4n) is 7.81. The summed E-state index contributed by atoms with van der Waals surface area (Å²) in [7, 11) is 0. The van der Waals surface area contributed by atoms with Gasteiger partial charge in [-0.3, -0.25) is 0 Å². The third-order valence-electron chi connectivity index (χ3n) is 10.4. The average Bonchev–Trinajstić information content (AvgIpc) is 3.78. The zero-order chi connectivity index (χ0) is 35.6. The minimum absolute atomic E-state index is 0.641. The van der Waals surface area contributed by atoms with E-state index in [2.05, 4.69) is 168 Å². The number of benzene rings is 8. The molecule has 0 amide bonds. The molecule has 11 rings (SSSR count). The van der Waals surface area contributed by atoms with Gasteiger partial charge in [-0.25, -0.2) is 15.0 Å². The van der Waals surface area contributed by atoms with E-state index in [1.807, 2.05) is 18.2 Å². The smallest absolute Gasteiger partial charge is 0.164 e. The first-order valence-corrected chi connectivity index (χ1v) is 18.9. The van der Waals surface area contributed by atoms with Gasteiger partial charge in [-0.15, -0.1) is 11.3 Å². The molecule has 0 spiro atoms. The van der Waals surface area contributed by atoms with E-state index < -0.39 is 0 Å². The van der Waals surface area contributed by atoms with Crippen LogP contribution in [0.3, 0.4) is 0 Å². The van der Waals surface area contributed by atoms with E-state index >= 15 is 0 Å². The van der Waals surface area contributed by atoms with Gasteiger partial charge in [-0.05, 0) is 70.4 Å². The Hall–Kier alpha value is -6.95. The molecule has 3 heterocycles. The number of hydrogen-bond acceptors (Lipinski definition) is 4. The van der Waals surface area contributed by atoms with Gasteiger partial charge in [0.25, 0.3) is 0 Å². The van der Waals surface area contributed by atoms with E-state index in [0.717, 1.165) is 33.5 Å². The molecule has 0 saturated heterocycles. The molecule has 5 heteroatoms. The van der Waals surface area contributed by atoms with Gasteiger partial charge in [-0.2, -0.15) is 0 Å². The zero-order valence-electron chi connectivity index (χ0n) is 29.0. The van der Waals surface area contributed by atoms with Crippen LogP contribution in [0.25, 0.3) is 104 Å². The molecule has 0 aliphatic rings. The SMILES string of the molecule is c1ccc(-c2nc(-c3cccc(-c4cccc(-n5c6ccccc6c6cc7ccccc7cc65)c4)c3)nc(-c3ccc4c(c3)sc3ccccc34)n2)cc1. The van der Waals surface area contributed by atoms with Gasteiger partial charge < -0.3 is 4.57 Å². The van der Waals surface area contributed by atoms with Gasteiger partial charge in [0.2, 0.25) is 0 Å². The van der Waals surface area contributed by atoms with Crippen molar-refractivity contribution in [1.82, 2.24) is 19.5 Å². The Morgan fingerprint density at radius 3 is 1.76 bits per heavy atom. The second kappa shape index (κ2) is 12.3. The standard InChI is InChI=1S/C49H30N4S/c1-2-12-31(13-3-1)47-50-48(52-49(51-47)37-24-25-41-40-21-7-9-23-45(40)54-46(41)30-37)36-18-10-16-32(26-36)33-17-11-19-38(27-33)53-43-22-8-6-20-39(43)42-28-34-14-4-5-15-35(34)29-44(42)53/h1-30H. The number of aromatic nitrogens is 4. The maximum absolute atomic E-state index is 5.12. The lowest BCUT2D eigenvalue weighted by Crippen LogP contribution is -2.00. The minimum atomic E-state index is 0.641. The largest absolute Gasteiger partial charge is 0.309 e. The fraction of sp³-hybridized carbons (Fsp3) is 0. The van der Waals surface area contributed by atoms with Crippen LogP contribution in [0.1, 0.15) is 0 Å². The predicted octanol–water partition coefficient (Wildman–Crippen LogP) is 13.2. The van der Waals surface area contributed by atoms with E-state index in [9.17, 15) is 0 Å². The van der Waals surface area contributed by atoms with Gasteiger partial charge in [0, 0.05) is 53.3 Å². The zero-order valence-corrected chi connectivity index (χ0v) is 29.8. The van der Waals surface area contributed by atoms with Crippen molar-refractivity contribution in [3.8, 4) is 51.0 Å². The lowest BCUT2D eigenvalue weighted by molar-refractivity contribution is 1.07. The van der Waals surface area contributed by atoms with Crippen LogP contribution in [-0.2, 0) is 0 Å². The van der Waals surface area contributed by atoms with Crippen LogP contribution < -0.4 is 0 Å². The number of hydrogen-bond donors (Lipinski definition) is 0. The first kappa shape index (κ1) is 30.7. The number of fused-ring (bicyclic) bond motifs is 7. The highest BCUT2D eigenvalue weighted by atomic mass is 32.1. The second-order valence-corrected chi connectivity index (χ2v) is 14.8. The number of rotatable bonds is 5. The van der Waals surface area contributed by atoms with E-state index in [4.69, 9.17) is 15.0 Å². The van der Waals surface area contributed by atoms with Crippen LogP contribution in [-0.4, -0.2) is 19.5 Å². The van der Waals surface area contributed by atoms with Crippen molar-refractivity contribution in [3.63, 3.8) is 0 Å². The quantitative estimate of drug-likeness (QED) is 0.179. The van der Waals surface area contributed by atoms with Crippen molar-refractivity contribution >= 4 is 64.1 Å². The molecule has 252 valence electrons. The van der Waals surface area contributed by atoms with Crippen LogP contribution in [0.4, 0.5) is 0 Å². The minimum Gasteiger partial charge on any atom is -0.309 e. The summed E-state index contributed by atoms with van der Waals surface area (Å²) in [5.41, 5.74) is 8.57. The van der Waals surface area contributed by atoms with Crippen molar-refractivity contribution in [3.05, 3.63) is 182 Å². The van der Waals surface area contributed by atoms with Crippen LogP contribution in [0.5, 0.6) is 0 Å². The molecule has 0 radical (unpaired) electrons. The third-order valence-corrected chi connectivity index (χ3v) is 11.5. The normalized spacial score (nSPS) is 11.7. The number of nitrogens with zero attached hydrogens (tertiary/aromatic N) is 4. The summed E-state index contributed by atoms with van der Waals surface area (Å²) in [5.74, 6) is 1.95. The van der Waals surface area contributed by atoms with Gasteiger partial charge in [0.1, 0.15) is 0 Å². The molecule has 0 bridgehead atoms. The Bertz CT molecular complexity index is 3230. The molecule has 4 nitrogen and oxygen atoms in total. The second-order valence-electron chi connectivity index (χ2n) is 13.7. The molecule has 11 aromatic rings. The van der Waals surface area contributed by atoms with Crippen LogP contribution >= 0.6 is 11.3 Å². The first-order valence-electron chi connectivity index (χ1n) is 18.1. The fourth-order valence-corrected chi connectivity index (χ4v) is 8.96. The molecule has 0 aliphatic carbocycles. The van der Waals surface area contributed by atoms with Crippen molar-refractivity contribution in [2.45, 2.75) is 0 Å². The van der Waals surface area contributed by atoms with Crippen molar-refractivity contribution < 1.29 is 0 Å². The van der Waals surface area contributed by atoms with Gasteiger partial charge >= 0.3 is 0 Å². The summed E-state index contributed by atoms with van der Waals surface area (Å²) >= 11 is 1.80. The Labute approximate surface area is 315 Å². The van der Waals surface area contributed by atoms with Crippen molar-refractivity contribution in [2.24, 2.45) is 0 Å². The molecule has 54 heavy (non-hydrogen) atoms. The number of para-hydroxylation sites is 1. The summed E-state index contributed by atoms with van der Waals surface area (Å²) < 4.78 is 4.89. The predicted molar refractivity (Wildman–Crippen MR) is 226 cm³/mol. The molecule has 0 saturated carbocycles. The molecule has 3 aromatic heterocycles. The third kappa shape index (κ3) is 5.09. The Morgan fingerprint density at radius 1 is 0.333 bits per heavy atom. The highest BCUT2D eigenvalue weighted by Gasteiger charge is 2.16. The summed E-state index contributed by atoms with van der Waals surface area (Å²) in [6.07, 6.45) is 0. The van der Waals surface area contributed by atoms with E-state index in [0.29, 0.717) is 17.5 Å². The molecule has 0 fully saturated rings. The van der Waals surface area contributed by atoms with E-state index in [1.54, 1.807) is 11.3 Å². The summed E-state index contributed by atoms with van der Waals surface area (Å²) in [6.45, 7) is 0. The molecule has 0 N–H and O–H groups in total. The molecular weight excluding hydrogens is 677 g/mol. The molecule has 0 unspecified atom stereocenters. The Balaban J connectivity index is 1.04. The topological polar surface area (TPSA) is 43.6 Å². The highest BCUT2D eigenvalue weighted by Crippen LogP contribution is 2.38. The van der Waals surface area contributed by atoms with E-state index in [-0.39, 0.29) is 0 Å². The van der Waals surface area contributed by atoms with Crippen molar-refractivity contribution in [1.29, 1.82) is 0 Å². The van der Waals surface area contributed by atoms with Gasteiger partial charge in [0.15, 0.2) is 17.5 Å². The van der Waals surface area contributed by atoms with Crippen LogP contribution in [0.2, 0.25) is 0 Å². The average molecular weight is 707 g/mol. The molecule has 0 atom stereocenters. The molecule has 0 aliphatic heterocycles. The van der Waals surface area contributed by atoms with Gasteiger partial charge in [0.05, 0.1) is 11.0 Å². The van der Waals surface area contributed by atoms with E-state index in [1.165, 1.54) is 52.8 Å². The van der Waals surface area contributed by atoms with Crippen LogP contribution in [0.15, 0.2) is 182 Å². The first-order chi connectivity index (χ1) is 26.7. The monoisotopic (exact) mass is 706 g/mol. The lowest BCUT2D eigenvalue weighted by atomic mass is 10.0. The maximum atomic E-state index is 5.12. The lowest BCUT2D eigenvalue weighted by Gasteiger charge is -2.12. The Morgan fingerprint density at radius 2 is 0.926 bits per heavy atom. The van der Waals surface area contributed by atoms with Crippen LogP contribution in [0, 0.1) is 0 Å². The Kier molecular flexibility index (Phi) is 7.00. The summed E-state index contributed by atoms with van der Waals surface area (Å²) in [5, 5.41) is 7.50. The summed E-state index contributed by atoms with van der Waals surface area (Å²) in [4.78, 5) is 15.2. The summed E-state index contributed by atoms with van der Waals surface area (Å²) in [6, 6.07) is 64.6.